The van der Waals surface area contributed by atoms with E-state index in [1.54, 1.807) is 12.3 Å². The molecular weight excluding hydrogens is 322 g/mol. The van der Waals surface area contributed by atoms with Gasteiger partial charge in [-0.15, -0.1) is 0 Å². The Hall–Kier alpha value is -3.14. The minimum absolute atomic E-state index is 0.0610. The highest BCUT2D eigenvalue weighted by atomic mass is 16.1. The zero-order valence-corrected chi connectivity index (χ0v) is 14.9. The van der Waals surface area contributed by atoms with Gasteiger partial charge in [0.15, 0.2) is 0 Å². The predicted octanol–water partition coefficient (Wildman–Crippen LogP) is 4.23. The summed E-state index contributed by atoms with van der Waals surface area (Å²) in [5.74, 6) is -0.169. The van der Waals surface area contributed by atoms with Gasteiger partial charge in [-0.2, -0.15) is 0 Å². The van der Waals surface area contributed by atoms with E-state index in [1.807, 2.05) is 61.5 Å². The first-order valence-electron chi connectivity index (χ1n) is 8.82. The van der Waals surface area contributed by atoms with E-state index in [1.165, 1.54) is 5.56 Å². The van der Waals surface area contributed by atoms with Gasteiger partial charge >= 0.3 is 0 Å². The van der Waals surface area contributed by atoms with Gasteiger partial charge in [-0.1, -0.05) is 60.7 Å². The lowest BCUT2D eigenvalue weighted by molar-refractivity contribution is 0.0935. The third-order valence-corrected chi connectivity index (χ3v) is 4.23. The van der Waals surface area contributed by atoms with Crippen LogP contribution >= 0.6 is 0 Å². The number of carbonyl (C=O) groups excluding carboxylic acids is 1. The van der Waals surface area contributed by atoms with Crippen molar-refractivity contribution in [2.45, 2.75) is 19.4 Å². The van der Waals surface area contributed by atoms with Crippen LogP contribution in [0.5, 0.6) is 0 Å². The number of hydrogen-bond acceptors (Lipinski definition) is 3. The molecule has 0 bridgehead atoms. The highest BCUT2D eigenvalue weighted by Gasteiger charge is 2.12. The molecule has 0 saturated heterocycles. The van der Waals surface area contributed by atoms with Crippen LogP contribution in [-0.4, -0.2) is 17.4 Å². The number of rotatable bonds is 7. The quantitative estimate of drug-likeness (QED) is 0.674. The highest BCUT2D eigenvalue weighted by molar-refractivity contribution is 5.92. The minimum atomic E-state index is -0.169. The normalized spacial score (nSPS) is 11.6. The number of carbonyl (C=O) groups is 1. The zero-order valence-electron chi connectivity index (χ0n) is 14.9. The third kappa shape index (κ3) is 4.93. The molecule has 0 radical (unpaired) electrons. The first kappa shape index (κ1) is 17.7. The molecule has 3 aromatic rings. The second-order valence-corrected chi connectivity index (χ2v) is 6.20. The summed E-state index contributed by atoms with van der Waals surface area (Å²) in [6.07, 6.45) is 2.64. The summed E-state index contributed by atoms with van der Waals surface area (Å²) in [5, 5.41) is 6.31. The van der Waals surface area contributed by atoms with Gasteiger partial charge in [-0.3, -0.25) is 4.79 Å². The Balaban J connectivity index is 1.51. The molecule has 1 amide bonds. The molecule has 2 aromatic carbocycles. The van der Waals surface area contributed by atoms with Crippen LogP contribution in [0.3, 0.4) is 0 Å². The summed E-state index contributed by atoms with van der Waals surface area (Å²) < 4.78 is 0. The molecule has 3 rings (SSSR count). The monoisotopic (exact) mass is 345 g/mol. The molecule has 1 unspecified atom stereocenters. The smallest absolute Gasteiger partial charge is 0.270 e. The number of nitrogens with one attached hydrogen (secondary N) is 2. The number of anilines is 1. The lowest BCUT2D eigenvalue weighted by Gasteiger charge is -2.14. The third-order valence-electron chi connectivity index (χ3n) is 4.23. The van der Waals surface area contributed by atoms with Gasteiger partial charge in [0.25, 0.3) is 5.91 Å². The van der Waals surface area contributed by atoms with Gasteiger partial charge in [0.2, 0.25) is 0 Å². The average Bonchev–Trinajstić information content (AvgIpc) is 2.70. The first-order chi connectivity index (χ1) is 12.7. The maximum absolute atomic E-state index is 12.3. The lowest BCUT2D eigenvalue weighted by atomic mass is 10.1. The molecule has 4 heteroatoms. The Kier molecular flexibility index (Phi) is 5.99. The minimum Gasteiger partial charge on any atom is -0.383 e. The molecule has 0 saturated carbocycles. The number of pyridine rings is 1. The molecule has 0 spiro atoms. The van der Waals surface area contributed by atoms with Gasteiger partial charge in [0.05, 0.1) is 17.9 Å². The molecular formula is C22H23N3O. The van der Waals surface area contributed by atoms with Crippen molar-refractivity contribution >= 4 is 11.6 Å². The van der Waals surface area contributed by atoms with Gasteiger partial charge in [-0.05, 0) is 36.6 Å². The van der Waals surface area contributed by atoms with Crippen LogP contribution in [0, 0.1) is 0 Å². The summed E-state index contributed by atoms with van der Waals surface area (Å²) in [6, 6.07) is 23.8. The summed E-state index contributed by atoms with van der Waals surface area (Å²) >= 11 is 0. The molecule has 0 fully saturated rings. The summed E-state index contributed by atoms with van der Waals surface area (Å²) in [4.78, 5) is 16.6. The van der Waals surface area contributed by atoms with Crippen LogP contribution < -0.4 is 10.6 Å². The molecule has 2 N–H and O–H groups in total. The molecule has 0 aliphatic carbocycles. The van der Waals surface area contributed by atoms with Gasteiger partial charge in [0.1, 0.15) is 5.69 Å². The molecule has 26 heavy (non-hydrogen) atoms. The Bertz CT molecular complexity index is 817. The summed E-state index contributed by atoms with van der Waals surface area (Å²) in [6.45, 7) is 2.79. The molecule has 4 nitrogen and oxygen atoms in total. The fourth-order valence-corrected chi connectivity index (χ4v) is 2.72. The second-order valence-electron chi connectivity index (χ2n) is 6.20. The number of nitrogens with zero attached hydrogens (tertiary/aromatic N) is 1. The lowest BCUT2D eigenvalue weighted by Crippen LogP contribution is -2.27. The number of amides is 1. The van der Waals surface area contributed by atoms with E-state index in [2.05, 4.69) is 27.8 Å². The number of aromatic nitrogens is 1. The zero-order chi connectivity index (χ0) is 18.2. The van der Waals surface area contributed by atoms with Crippen molar-refractivity contribution in [2.24, 2.45) is 0 Å². The van der Waals surface area contributed by atoms with Crippen LogP contribution in [0.4, 0.5) is 5.69 Å². The Morgan fingerprint density at radius 2 is 1.65 bits per heavy atom. The van der Waals surface area contributed by atoms with Crippen LogP contribution in [0.25, 0.3) is 0 Å². The van der Waals surface area contributed by atoms with Crippen molar-refractivity contribution in [1.29, 1.82) is 0 Å². The van der Waals surface area contributed by atoms with E-state index in [4.69, 9.17) is 0 Å². The Morgan fingerprint density at radius 1 is 0.962 bits per heavy atom. The Labute approximate surface area is 154 Å². The van der Waals surface area contributed by atoms with Crippen molar-refractivity contribution in [2.75, 3.05) is 11.9 Å². The van der Waals surface area contributed by atoms with Crippen molar-refractivity contribution in [1.82, 2.24) is 10.3 Å². The molecule has 1 aromatic heterocycles. The Morgan fingerprint density at radius 3 is 2.31 bits per heavy atom. The van der Waals surface area contributed by atoms with E-state index in [9.17, 15) is 4.79 Å². The van der Waals surface area contributed by atoms with Gasteiger partial charge in [0, 0.05) is 6.54 Å². The van der Waals surface area contributed by atoms with E-state index < -0.39 is 0 Å². The maximum Gasteiger partial charge on any atom is 0.270 e. The fraction of sp³-hybridized carbons (Fsp3) is 0.182. The van der Waals surface area contributed by atoms with Gasteiger partial charge in [-0.25, -0.2) is 4.98 Å². The summed E-state index contributed by atoms with van der Waals surface area (Å²) in [7, 11) is 0. The van der Waals surface area contributed by atoms with Crippen LogP contribution in [0.1, 0.15) is 34.6 Å². The molecule has 132 valence electrons. The average molecular weight is 345 g/mol. The highest BCUT2D eigenvalue weighted by Crippen LogP contribution is 2.13. The second kappa shape index (κ2) is 8.81. The van der Waals surface area contributed by atoms with Crippen molar-refractivity contribution in [3.05, 3.63) is 95.8 Å². The van der Waals surface area contributed by atoms with Gasteiger partial charge < -0.3 is 10.6 Å². The van der Waals surface area contributed by atoms with E-state index in [0.29, 0.717) is 5.69 Å². The van der Waals surface area contributed by atoms with E-state index in [-0.39, 0.29) is 11.9 Å². The summed E-state index contributed by atoms with van der Waals surface area (Å²) in [5.41, 5.74) is 3.69. The van der Waals surface area contributed by atoms with E-state index in [0.717, 1.165) is 24.2 Å². The molecule has 1 heterocycles. The van der Waals surface area contributed by atoms with E-state index >= 15 is 0 Å². The van der Waals surface area contributed by atoms with Crippen molar-refractivity contribution in [3.8, 4) is 0 Å². The molecule has 0 aliphatic heterocycles. The maximum atomic E-state index is 12.3. The van der Waals surface area contributed by atoms with Crippen LogP contribution in [0.15, 0.2) is 79.0 Å². The van der Waals surface area contributed by atoms with Crippen LogP contribution in [0.2, 0.25) is 0 Å². The molecule has 0 aliphatic rings. The fourth-order valence-electron chi connectivity index (χ4n) is 2.72. The number of hydrogen-bond donors (Lipinski definition) is 2. The number of benzene rings is 2. The largest absolute Gasteiger partial charge is 0.383 e. The topological polar surface area (TPSA) is 54.0 Å². The standard InChI is InChI=1S/C22H23N3O/c1-17(19-10-6-3-7-11-19)25-22(26)21-13-12-20(16-24-21)23-15-14-18-8-4-2-5-9-18/h2-13,16-17,23H,14-15H2,1H3,(H,25,26). The molecule has 1 atom stereocenters. The van der Waals surface area contributed by atoms with Crippen LogP contribution in [-0.2, 0) is 6.42 Å². The van der Waals surface area contributed by atoms with Crippen molar-refractivity contribution in [3.63, 3.8) is 0 Å². The first-order valence-corrected chi connectivity index (χ1v) is 8.82. The predicted molar refractivity (Wildman–Crippen MR) is 105 cm³/mol. The SMILES string of the molecule is CC(NC(=O)c1ccc(NCCc2ccccc2)cn1)c1ccccc1. The van der Waals surface area contributed by atoms with Crippen molar-refractivity contribution < 1.29 is 4.79 Å².